The number of aryl methyl sites for hydroxylation is 1. The van der Waals surface area contributed by atoms with Crippen molar-refractivity contribution in [3.8, 4) is 0 Å². The minimum Gasteiger partial charge on any atom is -0.457 e. The summed E-state index contributed by atoms with van der Waals surface area (Å²) in [6, 6.07) is 7.59. The van der Waals surface area contributed by atoms with E-state index in [0.717, 1.165) is 15.4 Å². The number of ether oxygens (including phenoxy) is 1. The van der Waals surface area contributed by atoms with Crippen LogP contribution in [0.1, 0.15) is 18.1 Å². The first kappa shape index (κ1) is 15.2. The molecule has 0 bridgehead atoms. The second-order valence-corrected chi connectivity index (χ2v) is 6.43. The number of hydrogen-bond donors (Lipinski definition) is 0. The molecule has 0 saturated carbocycles. The first-order chi connectivity index (χ1) is 9.79. The van der Waals surface area contributed by atoms with E-state index in [2.05, 4.69) is 4.40 Å². The van der Waals surface area contributed by atoms with Crippen LogP contribution in [0.15, 0.2) is 40.4 Å². The van der Waals surface area contributed by atoms with Gasteiger partial charge in [-0.15, -0.1) is 4.40 Å². The van der Waals surface area contributed by atoms with Crippen molar-refractivity contribution in [3.05, 3.63) is 47.2 Å². The Balaban J connectivity index is 2.07. The molecular weight excluding hydrogens is 292 g/mol. The van der Waals surface area contributed by atoms with Crippen molar-refractivity contribution in [3.63, 3.8) is 0 Å². The van der Waals surface area contributed by atoms with Gasteiger partial charge in [0.05, 0.1) is 11.3 Å². The van der Waals surface area contributed by atoms with Crippen LogP contribution in [0.4, 0.5) is 0 Å². The fourth-order valence-corrected chi connectivity index (χ4v) is 2.55. The lowest BCUT2D eigenvalue weighted by Gasteiger charge is -2.19. The van der Waals surface area contributed by atoms with Crippen LogP contribution in [0, 0.1) is 6.92 Å². The molecule has 0 saturated heterocycles. The second kappa shape index (κ2) is 5.69. The third kappa shape index (κ3) is 3.49. The maximum absolute atomic E-state index is 12.0. The zero-order valence-electron chi connectivity index (χ0n) is 12.0. The van der Waals surface area contributed by atoms with Gasteiger partial charge in [0.1, 0.15) is 6.61 Å². The number of benzene rings is 1. The van der Waals surface area contributed by atoms with Crippen LogP contribution in [0.2, 0.25) is 0 Å². The van der Waals surface area contributed by atoms with Crippen molar-refractivity contribution in [2.24, 2.45) is 4.40 Å². The number of carbonyl (C=O) groups excluding carboxylic acids is 1. The summed E-state index contributed by atoms with van der Waals surface area (Å²) in [5.74, 6) is -0.599. The van der Waals surface area contributed by atoms with E-state index in [9.17, 15) is 13.2 Å². The predicted octanol–water partition coefficient (Wildman–Crippen LogP) is 1.57. The third-order valence-electron chi connectivity index (χ3n) is 3.03. The Kier molecular flexibility index (Phi) is 4.13. The number of esters is 1. The van der Waals surface area contributed by atoms with Crippen molar-refractivity contribution >= 4 is 21.9 Å². The molecule has 21 heavy (non-hydrogen) atoms. The van der Waals surface area contributed by atoms with Gasteiger partial charge in [0.25, 0.3) is 0 Å². The molecule has 6 nitrogen and oxygen atoms in total. The van der Waals surface area contributed by atoms with Gasteiger partial charge < -0.3 is 4.74 Å². The monoisotopic (exact) mass is 308 g/mol. The molecule has 0 spiro atoms. The van der Waals surface area contributed by atoms with Gasteiger partial charge >= 0.3 is 16.2 Å². The van der Waals surface area contributed by atoms with Crippen LogP contribution in [0.5, 0.6) is 0 Å². The van der Waals surface area contributed by atoms with Crippen LogP contribution in [-0.2, 0) is 26.3 Å². The lowest BCUT2D eigenvalue weighted by molar-refractivity contribution is -0.139. The maximum Gasteiger partial charge on any atom is 0.344 e. The van der Waals surface area contributed by atoms with Gasteiger partial charge in [-0.25, -0.2) is 4.79 Å². The number of rotatable bonds is 3. The van der Waals surface area contributed by atoms with Crippen molar-refractivity contribution in [2.45, 2.75) is 20.5 Å². The molecule has 0 atom stereocenters. The first-order valence-corrected chi connectivity index (χ1v) is 7.68. The number of carbonyl (C=O) groups is 1. The minimum absolute atomic E-state index is 0.125. The zero-order chi connectivity index (χ0) is 15.6. The van der Waals surface area contributed by atoms with Gasteiger partial charge in [-0.05, 0) is 19.4 Å². The normalized spacial score (nSPS) is 17.0. The summed E-state index contributed by atoms with van der Waals surface area (Å²) >= 11 is 0. The van der Waals surface area contributed by atoms with Gasteiger partial charge in [0, 0.05) is 13.2 Å². The van der Waals surface area contributed by atoms with Crippen molar-refractivity contribution in [1.82, 2.24) is 4.31 Å². The average Bonchev–Trinajstić information content (AvgIpc) is 2.41. The van der Waals surface area contributed by atoms with Crippen LogP contribution in [-0.4, -0.2) is 31.5 Å². The Labute approximate surface area is 123 Å². The van der Waals surface area contributed by atoms with E-state index in [4.69, 9.17) is 4.74 Å². The molecule has 7 heteroatoms. The molecule has 0 aromatic heterocycles. The molecule has 1 heterocycles. The van der Waals surface area contributed by atoms with Crippen molar-refractivity contribution < 1.29 is 17.9 Å². The molecule has 1 aromatic carbocycles. The zero-order valence-corrected chi connectivity index (χ0v) is 12.8. The van der Waals surface area contributed by atoms with Gasteiger partial charge in [-0.3, -0.25) is 4.31 Å². The third-order valence-corrected chi connectivity index (χ3v) is 4.37. The predicted molar refractivity (Wildman–Crippen MR) is 78.8 cm³/mol. The molecule has 112 valence electrons. The largest absolute Gasteiger partial charge is 0.457 e. The van der Waals surface area contributed by atoms with Gasteiger partial charge in [0.15, 0.2) is 0 Å². The molecule has 0 radical (unpaired) electrons. The smallest absolute Gasteiger partial charge is 0.344 e. The lowest BCUT2D eigenvalue weighted by atomic mass is 10.1. The fourth-order valence-electron chi connectivity index (χ4n) is 1.74. The molecule has 0 aliphatic carbocycles. The second-order valence-electron chi connectivity index (χ2n) is 4.78. The summed E-state index contributed by atoms with van der Waals surface area (Å²) in [6.45, 7) is 3.56. The van der Waals surface area contributed by atoms with Crippen molar-refractivity contribution in [1.29, 1.82) is 0 Å². The first-order valence-electron chi connectivity index (χ1n) is 6.29. The highest BCUT2D eigenvalue weighted by Gasteiger charge is 2.26. The molecular formula is C14H16N2O4S. The molecule has 0 fully saturated rings. The number of nitrogens with zero attached hydrogens (tertiary/aromatic N) is 2. The summed E-state index contributed by atoms with van der Waals surface area (Å²) in [7, 11) is -2.39. The Morgan fingerprint density at radius 3 is 2.48 bits per heavy atom. The Morgan fingerprint density at radius 2 is 1.86 bits per heavy atom. The molecule has 2 rings (SSSR count). The number of hydrogen-bond acceptors (Lipinski definition) is 4. The highest BCUT2D eigenvalue weighted by molar-refractivity contribution is 7.88. The maximum atomic E-state index is 12.0. The summed E-state index contributed by atoms with van der Waals surface area (Å²) in [6.07, 6.45) is 1.22. The standard InChI is InChI=1S/C14H16N2O4S/c1-10-4-6-12(7-5-10)9-20-14(17)13-8-16(3)21(18,19)15-11(13)2/h4-8H,9H2,1-3H3. The van der Waals surface area contributed by atoms with E-state index in [1.165, 1.54) is 20.2 Å². The van der Waals surface area contributed by atoms with Gasteiger partial charge in [-0.1, -0.05) is 29.8 Å². The van der Waals surface area contributed by atoms with E-state index in [-0.39, 0.29) is 17.9 Å². The summed E-state index contributed by atoms with van der Waals surface area (Å²) < 4.78 is 32.6. The molecule has 0 unspecified atom stereocenters. The van der Waals surface area contributed by atoms with E-state index in [1.54, 1.807) is 0 Å². The van der Waals surface area contributed by atoms with E-state index >= 15 is 0 Å². The molecule has 1 aliphatic rings. The molecule has 0 N–H and O–H groups in total. The molecule has 1 aromatic rings. The van der Waals surface area contributed by atoms with E-state index in [1.807, 2.05) is 31.2 Å². The topological polar surface area (TPSA) is 76.0 Å². The van der Waals surface area contributed by atoms with Crippen LogP contribution < -0.4 is 0 Å². The van der Waals surface area contributed by atoms with Crippen LogP contribution in [0.3, 0.4) is 0 Å². The Morgan fingerprint density at radius 1 is 1.24 bits per heavy atom. The quantitative estimate of drug-likeness (QED) is 0.794. The van der Waals surface area contributed by atoms with Crippen LogP contribution in [0.25, 0.3) is 0 Å². The highest BCUT2D eigenvalue weighted by Crippen LogP contribution is 2.16. The summed E-state index contributed by atoms with van der Waals surface area (Å²) in [5, 5.41) is 0. The Hall–Kier alpha value is -2.15. The average molecular weight is 308 g/mol. The van der Waals surface area contributed by atoms with Gasteiger partial charge in [-0.2, -0.15) is 8.42 Å². The fraction of sp³-hybridized carbons (Fsp3) is 0.286. The Bertz CT molecular complexity index is 718. The van der Waals surface area contributed by atoms with Crippen molar-refractivity contribution in [2.75, 3.05) is 7.05 Å². The summed E-state index contributed by atoms with van der Waals surface area (Å²) in [5.41, 5.74) is 2.25. The lowest BCUT2D eigenvalue weighted by Crippen LogP contribution is -2.29. The van der Waals surface area contributed by atoms with E-state index < -0.39 is 16.2 Å². The highest BCUT2D eigenvalue weighted by atomic mass is 32.2. The SMILES string of the molecule is CC1=NS(=O)(=O)N(C)C=C1C(=O)OCc1ccc(C)cc1. The minimum atomic E-state index is -3.71. The molecule has 1 aliphatic heterocycles. The van der Waals surface area contributed by atoms with Gasteiger partial charge in [0.2, 0.25) is 0 Å². The molecule has 0 amide bonds. The van der Waals surface area contributed by atoms with E-state index in [0.29, 0.717) is 0 Å². The van der Waals surface area contributed by atoms with Crippen LogP contribution >= 0.6 is 0 Å². The summed E-state index contributed by atoms with van der Waals surface area (Å²) in [4.78, 5) is 12.0.